The smallest absolute Gasteiger partial charge is 0.222 e. The van der Waals surface area contributed by atoms with Gasteiger partial charge >= 0.3 is 0 Å². The number of hydrogen-bond acceptors (Lipinski definition) is 0. The maximum Gasteiger partial charge on any atom is 0.222 e. The van der Waals surface area contributed by atoms with E-state index in [1.165, 1.54) is 16.5 Å². The minimum atomic E-state index is 0.976. The highest BCUT2D eigenvalue weighted by Gasteiger charge is 2.17. The Balaban J connectivity index is 2.41. The van der Waals surface area contributed by atoms with Gasteiger partial charge in [0.15, 0.2) is 6.21 Å². The molecule has 13 heavy (non-hydrogen) atoms. The van der Waals surface area contributed by atoms with E-state index in [0.29, 0.717) is 0 Å². The van der Waals surface area contributed by atoms with E-state index in [0.717, 1.165) is 6.67 Å². The van der Waals surface area contributed by atoms with Gasteiger partial charge in [0.2, 0.25) is 6.67 Å². The van der Waals surface area contributed by atoms with Crippen molar-refractivity contribution < 1.29 is 4.58 Å². The van der Waals surface area contributed by atoms with Gasteiger partial charge < -0.3 is 0 Å². The van der Waals surface area contributed by atoms with Crippen molar-refractivity contribution in [3.8, 4) is 0 Å². The molecule has 0 N–H and O–H groups in total. The quantitative estimate of drug-likeness (QED) is 0.533. The molecule has 0 spiro atoms. The second-order valence-corrected chi connectivity index (χ2v) is 3.60. The first-order chi connectivity index (χ1) is 6.34. The van der Waals surface area contributed by atoms with Crippen molar-refractivity contribution in [1.29, 1.82) is 0 Å². The minimum absolute atomic E-state index is 0.976. The van der Waals surface area contributed by atoms with Crippen molar-refractivity contribution >= 4 is 17.0 Å². The number of benzene rings is 1. The van der Waals surface area contributed by atoms with E-state index >= 15 is 0 Å². The van der Waals surface area contributed by atoms with E-state index in [4.69, 9.17) is 0 Å². The molecule has 2 heterocycles. The first-order valence-electron chi connectivity index (χ1n) is 4.47. The second kappa shape index (κ2) is 2.22. The lowest BCUT2D eigenvalue weighted by molar-refractivity contribution is -0.518. The third kappa shape index (κ3) is 0.856. The molecule has 0 unspecified atom stereocenters. The lowest BCUT2D eigenvalue weighted by Crippen LogP contribution is -2.02. The molecule has 0 bridgehead atoms. The predicted octanol–water partition coefficient (Wildman–Crippen LogP) is 1.67. The summed E-state index contributed by atoms with van der Waals surface area (Å²) in [6.45, 7) is 0.976. The number of aromatic nitrogens is 1. The Kier molecular flexibility index (Phi) is 1.18. The molecule has 1 aliphatic rings. The predicted molar refractivity (Wildman–Crippen MR) is 53.3 cm³/mol. The molecule has 1 aliphatic heterocycles. The van der Waals surface area contributed by atoms with Crippen LogP contribution in [0.2, 0.25) is 0 Å². The Morgan fingerprint density at radius 3 is 3.08 bits per heavy atom. The third-order valence-electron chi connectivity index (χ3n) is 2.56. The summed E-state index contributed by atoms with van der Waals surface area (Å²) in [5.74, 6) is 0. The van der Waals surface area contributed by atoms with E-state index in [-0.39, 0.29) is 0 Å². The van der Waals surface area contributed by atoms with Crippen LogP contribution >= 0.6 is 0 Å². The Labute approximate surface area is 76.7 Å². The van der Waals surface area contributed by atoms with E-state index in [1.807, 2.05) is 0 Å². The molecule has 0 saturated heterocycles. The van der Waals surface area contributed by atoms with Gasteiger partial charge in [0, 0.05) is 17.0 Å². The van der Waals surface area contributed by atoms with Gasteiger partial charge in [-0.15, -0.1) is 0 Å². The lowest BCUT2D eigenvalue weighted by Gasteiger charge is -1.89. The first-order valence-corrected chi connectivity index (χ1v) is 4.47. The fourth-order valence-corrected chi connectivity index (χ4v) is 1.99. The van der Waals surface area contributed by atoms with Crippen LogP contribution < -0.4 is 0 Å². The highest BCUT2D eigenvalue weighted by atomic mass is 15.2. The van der Waals surface area contributed by atoms with Gasteiger partial charge in [-0.2, -0.15) is 0 Å². The summed E-state index contributed by atoms with van der Waals surface area (Å²) in [5, 5.41) is 2.69. The Morgan fingerprint density at radius 1 is 1.31 bits per heavy atom. The molecule has 3 rings (SSSR count). The van der Waals surface area contributed by atoms with E-state index < -0.39 is 0 Å². The molecule has 0 radical (unpaired) electrons. The van der Waals surface area contributed by atoms with Gasteiger partial charge in [-0.25, -0.2) is 4.58 Å². The number of hydrogen-bond donors (Lipinski definition) is 0. The summed E-state index contributed by atoms with van der Waals surface area (Å²) >= 11 is 0. The average molecular weight is 171 g/mol. The average Bonchev–Trinajstić information content (AvgIpc) is 2.60. The van der Waals surface area contributed by atoms with Gasteiger partial charge in [-0.05, 0) is 0 Å². The molecular formula is C11H11N2+. The molecule has 0 saturated carbocycles. The fourth-order valence-electron chi connectivity index (χ4n) is 1.99. The molecule has 64 valence electrons. The van der Waals surface area contributed by atoms with Gasteiger partial charge in [0.05, 0.1) is 0 Å². The zero-order chi connectivity index (χ0) is 8.84. The van der Waals surface area contributed by atoms with Crippen molar-refractivity contribution in [2.45, 2.75) is 6.67 Å². The zero-order valence-corrected chi connectivity index (χ0v) is 7.57. The Hall–Kier alpha value is -1.57. The maximum absolute atomic E-state index is 2.28. The maximum atomic E-state index is 2.28. The van der Waals surface area contributed by atoms with E-state index in [9.17, 15) is 0 Å². The molecule has 0 fully saturated rings. The van der Waals surface area contributed by atoms with Crippen LogP contribution in [-0.2, 0) is 6.67 Å². The highest BCUT2D eigenvalue weighted by Crippen LogP contribution is 2.21. The summed E-state index contributed by atoms with van der Waals surface area (Å²) in [5.41, 5.74) is 1.33. The van der Waals surface area contributed by atoms with Crippen molar-refractivity contribution in [3.05, 3.63) is 36.2 Å². The summed E-state index contributed by atoms with van der Waals surface area (Å²) in [4.78, 5) is 0. The van der Waals surface area contributed by atoms with Gasteiger partial charge in [0.1, 0.15) is 12.7 Å². The Bertz CT molecular complexity index is 506. The molecule has 1 aromatic carbocycles. The van der Waals surface area contributed by atoms with Gasteiger partial charge in [0.25, 0.3) is 0 Å². The van der Waals surface area contributed by atoms with Crippen LogP contribution in [0.15, 0.2) is 30.5 Å². The highest BCUT2D eigenvalue weighted by molar-refractivity contribution is 5.98. The van der Waals surface area contributed by atoms with Crippen molar-refractivity contribution in [2.24, 2.45) is 0 Å². The zero-order valence-electron chi connectivity index (χ0n) is 7.57. The molecule has 0 amide bonds. The molecule has 0 aliphatic carbocycles. The van der Waals surface area contributed by atoms with E-state index in [1.54, 1.807) is 0 Å². The van der Waals surface area contributed by atoms with Crippen LogP contribution in [-0.4, -0.2) is 22.4 Å². The lowest BCUT2D eigenvalue weighted by atomic mass is 10.2. The van der Waals surface area contributed by atoms with Gasteiger partial charge in [-0.1, -0.05) is 24.3 Å². The molecule has 2 heteroatoms. The molecule has 0 atom stereocenters. The van der Waals surface area contributed by atoms with Crippen LogP contribution in [0.1, 0.15) is 5.69 Å². The van der Waals surface area contributed by atoms with Crippen molar-refractivity contribution in [3.63, 3.8) is 0 Å². The fraction of sp³-hybridized carbons (Fsp3) is 0.182. The minimum Gasteiger partial charge on any atom is -0.286 e. The summed E-state index contributed by atoms with van der Waals surface area (Å²) in [7, 11) is 2.10. The van der Waals surface area contributed by atoms with Gasteiger partial charge in [-0.3, -0.25) is 4.57 Å². The van der Waals surface area contributed by atoms with Crippen LogP contribution in [0, 0.1) is 0 Å². The summed E-state index contributed by atoms with van der Waals surface area (Å²) in [6.07, 6.45) is 4.41. The largest absolute Gasteiger partial charge is 0.286 e. The number of fused-ring (bicyclic) bond motifs is 3. The molecule has 1 aromatic heterocycles. The third-order valence-corrected chi connectivity index (χ3v) is 2.56. The van der Waals surface area contributed by atoms with Crippen LogP contribution in [0.25, 0.3) is 10.8 Å². The molecule has 2 nitrogen and oxygen atoms in total. The van der Waals surface area contributed by atoms with Crippen molar-refractivity contribution in [2.75, 3.05) is 7.05 Å². The van der Waals surface area contributed by atoms with Crippen molar-refractivity contribution in [1.82, 2.24) is 4.57 Å². The number of nitrogens with zero attached hydrogens (tertiary/aromatic N) is 2. The monoisotopic (exact) mass is 171 g/mol. The van der Waals surface area contributed by atoms with Crippen LogP contribution in [0.5, 0.6) is 0 Å². The van der Waals surface area contributed by atoms with Crippen LogP contribution in [0.4, 0.5) is 0 Å². The Morgan fingerprint density at radius 2 is 2.15 bits per heavy atom. The standard InChI is InChI=1S/C11H11N2/c1-12-7-11-10-5-3-2-4-9(10)6-13(11)8-12/h2-7H,8H2,1H3/q+1. The summed E-state index contributed by atoms with van der Waals surface area (Å²) in [6, 6.07) is 8.52. The molecule has 2 aromatic rings. The summed E-state index contributed by atoms with van der Waals surface area (Å²) < 4.78 is 4.48. The number of rotatable bonds is 0. The molecular weight excluding hydrogens is 160 g/mol. The van der Waals surface area contributed by atoms with E-state index in [2.05, 4.69) is 52.9 Å². The normalized spacial score (nSPS) is 14.7. The van der Waals surface area contributed by atoms with Crippen LogP contribution in [0.3, 0.4) is 0 Å². The topological polar surface area (TPSA) is 7.94 Å². The second-order valence-electron chi connectivity index (χ2n) is 3.60. The SMILES string of the molecule is C[N+]1=Cc2c3ccccc3cn2C1. The first kappa shape index (κ1) is 6.89.